The van der Waals surface area contributed by atoms with Gasteiger partial charge >= 0.3 is 0 Å². The van der Waals surface area contributed by atoms with Crippen LogP contribution in [0.1, 0.15) is 30.3 Å². The maximum Gasteiger partial charge on any atom is 0.277 e. The smallest absolute Gasteiger partial charge is 0.277 e. The SMILES string of the molecule is Cc1c(Cl)cccc1NC(=O)CSc1nnc([C@H]2CCCN2)o1. The minimum Gasteiger partial charge on any atom is -0.414 e. The summed E-state index contributed by atoms with van der Waals surface area (Å²) >= 11 is 7.26. The largest absolute Gasteiger partial charge is 0.414 e. The van der Waals surface area contributed by atoms with Crippen molar-refractivity contribution in [1.29, 1.82) is 0 Å². The molecule has 1 amide bonds. The van der Waals surface area contributed by atoms with Crippen LogP contribution in [0.3, 0.4) is 0 Å². The number of halogens is 1. The van der Waals surface area contributed by atoms with Gasteiger partial charge in [0.2, 0.25) is 11.8 Å². The van der Waals surface area contributed by atoms with Crippen molar-refractivity contribution in [3.05, 3.63) is 34.7 Å². The van der Waals surface area contributed by atoms with Crippen LogP contribution in [0, 0.1) is 6.92 Å². The zero-order chi connectivity index (χ0) is 16.2. The quantitative estimate of drug-likeness (QED) is 0.804. The Labute approximate surface area is 143 Å². The van der Waals surface area contributed by atoms with Crippen LogP contribution in [0.15, 0.2) is 27.8 Å². The first-order valence-corrected chi connectivity index (χ1v) is 8.74. The first kappa shape index (κ1) is 16.3. The van der Waals surface area contributed by atoms with E-state index in [1.807, 2.05) is 13.0 Å². The number of amides is 1. The van der Waals surface area contributed by atoms with E-state index in [2.05, 4.69) is 20.8 Å². The molecule has 0 saturated carbocycles. The van der Waals surface area contributed by atoms with E-state index in [-0.39, 0.29) is 17.7 Å². The van der Waals surface area contributed by atoms with Crippen LogP contribution < -0.4 is 10.6 Å². The molecule has 1 aromatic heterocycles. The molecule has 2 heterocycles. The zero-order valence-electron chi connectivity index (χ0n) is 12.6. The third-order valence-electron chi connectivity index (χ3n) is 3.65. The number of hydrogen-bond acceptors (Lipinski definition) is 6. The van der Waals surface area contributed by atoms with Crippen LogP contribution in [-0.2, 0) is 4.79 Å². The summed E-state index contributed by atoms with van der Waals surface area (Å²) in [4.78, 5) is 12.0. The minimum atomic E-state index is -0.140. The van der Waals surface area contributed by atoms with E-state index >= 15 is 0 Å². The summed E-state index contributed by atoms with van der Waals surface area (Å²) in [7, 11) is 0. The molecular formula is C15H17ClN4O2S. The first-order valence-electron chi connectivity index (χ1n) is 7.38. The molecule has 2 aromatic rings. The van der Waals surface area contributed by atoms with Gasteiger partial charge in [0.25, 0.3) is 5.22 Å². The Kier molecular flexibility index (Phi) is 5.20. The molecule has 1 aromatic carbocycles. The van der Waals surface area contributed by atoms with Crippen LogP contribution in [0.25, 0.3) is 0 Å². The summed E-state index contributed by atoms with van der Waals surface area (Å²) in [6.07, 6.45) is 2.11. The number of rotatable bonds is 5. The number of nitrogens with one attached hydrogen (secondary N) is 2. The predicted molar refractivity (Wildman–Crippen MR) is 89.8 cm³/mol. The maximum absolute atomic E-state index is 12.0. The number of hydrogen-bond donors (Lipinski definition) is 2. The van der Waals surface area contributed by atoms with E-state index in [0.717, 1.165) is 24.9 Å². The van der Waals surface area contributed by atoms with E-state index in [1.165, 1.54) is 11.8 Å². The molecule has 0 bridgehead atoms. The maximum atomic E-state index is 12.0. The van der Waals surface area contributed by atoms with Gasteiger partial charge in [-0.15, -0.1) is 10.2 Å². The van der Waals surface area contributed by atoms with Gasteiger partial charge in [0.1, 0.15) is 0 Å². The van der Waals surface area contributed by atoms with Crippen molar-refractivity contribution >= 4 is 35.0 Å². The fourth-order valence-corrected chi connectivity index (χ4v) is 3.12. The van der Waals surface area contributed by atoms with E-state index in [1.54, 1.807) is 12.1 Å². The molecule has 0 spiro atoms. The molecule has 2 N–H and O–H groups in total. The molecule has 23 heavy (non-hydrogen) atoms. The average Bonchev–Trinajstić information content (AvgIpc) is 3.20. The normalized spacial score (nSPS) is 17.4. The van der Waals surface area contributed by atoms with E-state index in [4.69, 9.17) is 16.0 Å². The Bertz CT molecular complexity index is 701. The Morgan fingerprint density at radius 2 is 2.39 bits per heavy atom. The molecule has 0 aliphatic carbocycles. The van der Waals surface area contributed by atoms with Gasteiger partial charge in [-0.3, -0.25) is 4.79 Å². The van der Waals surface area contributed by atoms with Gasteiger partial charge in [-0.25, -0.2) is 0 Å². The van der Waals surface area contributed by atoms with Gasteiger partial charge in [0.05, 0.1) is 11.8 Å². The standard InChI is InChI=1S/C15H17ClN4O2S/c1-9-10(16)4-2-5-11(9)18-13(21)8-23-15-20-19-14(22-15)12-6-3-7-17-12/h2,4-5,12,17H,3,6-8H2,1H3,(H,18,21)/t12-/m1/s1. The average molecular weight is 353 g/mol. The van der Waals surface area contributed by atoms with Crippen LogP contribution in [-0.4, -0.2) is 28.4 Å². The number of benzene rings is 1. The third-order valence-corrected chi connectivity index (χ3v) is 4.88. The summed E-state index contributed by atoms with van der Waals surface area (Å²) in [5.74, 6) is 0.654. The fourth-order valence-electron chi connectivity index (χ4n) is 2.37. The molecule has 1 fully saturated rings. The Hall–Kier alpha value is -1.57. The zero-order valence-corrected chi connectivity index (χ0v) is 14.2. The van der Waals surface area contributed by atoms with Crippen LogP contribution in [0.4, 0.5) is 5.69 Å². The monoisotopic (exact) mass is 352 g/mol. The molecule has 1 atom stereocenters. The summed E-state index contributed by atoms with van der Waals surface area (Å²) in [6.45, 7) is 2.83. The number of aromatic nitrogens is 2. The minimum absolute atomic E-state index is 0.139. The second-order valence-corrected chi connectivity index (χ2v) is 6.64. The van der Waals surface area contributed by atoms with E-state index in [0.29, 0.717) is 21.8 Å². The molecule has 0 unspecified atom stereocenters. The Morgan fingerprint density at radius 3 is 3.17 bits per heavy atom. The molecule has 122 valence electrons. The fraction of sp³-hybridized carbons (Fsp3) is 0.400. The summed E-state index contributed by atoms with van der Waals surface area (Å²) < 4.78 is 5.59. The number of carbonyl (C=O) groups is 1. The second-order valence-electron chi connectivity index (χ2n) is 5.30. The van der Waals surface area contributed by atoms with E-state index in [9.17, 15) is 4.79 Å². The summed E-state index contributed by atoms with van der Waals surface area (Å²) in [5, 5.41) is 15.2. The highest BCUT2D eigenvalue weighted by Crippen LogP contribution is 2.26. The molecule has 6 nitrogen and oxygen atoms in total. The van der Waals surface area contributed by atoms with Crippen molar-refractivity contribution < 1.29 is 9.21 Å². The molecule has 1 aliphatic heterocycles. The van der Waals surface area contributed by atoms with Gasteiger partial charge in [-0.1, -0.05) is 29.4 Å². The topological polar surface area (TPSA) is 80.0 Å². The van der Waals surface area contributed by atoms with E-state index < -0.39 is 0 Å². The summed E-state index contributed by atoms with van der Waals surface area (Å²) in [6, 6.07) is 5.55. The highest BCUT2D eigenvalue weighted by Gasteiger charge is 2.22. The highest BCUT2D eigenvalue weighted by atomic mass is 35.5. The van der Waals surface area contributed by atoms with Crippen molar-refractivity contribution in [3.63, 3.8) is 0 Å². The Balaban J connectivity index is 1.53. The first-order chi connectivity index (χ1) is 11.1. The molecule has 1 aliphatic rings. The predicted octanol–water partition coefficient (Wildman–Crippen LogP) is 3.19. The molecule has 0 radical (unpaired) electrons. The summed E-state index contributed by atoms with van der Waals surface area (Å²) in [5.41, 5.74) is 1.56. The second kappa shape index (κ2) is 7.33. The lowest BCUT2D eigenvalue weighted by molar-refractivity contribution is -0.113. The van der Waals surface area contributed by atoms with Crippen molar-refractivity contribution in [2.24, 2.45) is 0 Å². The third kappa shape index (κ3) is 4.04. The molecule has 1 saturated heterocycles. The van der Waals surface area contributed by atoms with Gasteiger partial charge in [-0.05, 0) is 44.0 Å². The number of nitrogens with zero attached hydrogens (tertiary/aromatic N) is 2. The van der Waals surface area contributed by atoms with Crippen molar-refractivity contribution in [2.75, 3.05) is 17.6 Å². The highest BCUT2D eigenvalue weighted by molar-refractivity contribution is 7.99. The van der Waals surface area contributed by atoms with Crippen LogP contribution in [0.2, 0.25) is 5.02 Å². The molecule has 3 rings (SSSR count). The van der Waals surface area contributed by atoms with Crippen LogP contribution in [0.5, 0.6) is 0 Å². The van der Waals surface area contributed by atoms with Gasteiger partial charge in [0, 0.05) is 10.7 Å². The van der Waals surface area contributed by atoms with Crippen molar-refractivity contribution in [2.45, 2.75) is 31.0 Å². The van der Waals surface area contributed by atoms with Crippen molar-refractivity contribution in [3.8, 4) is 0 Å². The molecule has 8 heteroatoms. The van der Waals surface area contributed by atoms with Gasteiger partial charge < -0.3 is 15.1 Å². The van der Waals surface area contributed by atoms with Gasteiger partial charge in [0.15, 0.2) is 0 Å². The number of thioether (sulfide) groups is 1. The van der Waals surface area contributed by atoms with Gasteiger partial charge in [-0.2, -0.15) is 0 Å². The lowest BCUT2D eigenvalue weighted by Gasteiger charge is -2.08. The number of carbonyl (C=O) groups excluding carboxylic acids is 1. The van der Waals surface area contributed by atoms with Crippen LogP contribution >= 0.6 is 23.4 Å². The molecular weight excluding hydrogens is 336 g/mol. The lowest BCUT2D eigenvalue weighted by Crippen LogP contribution is -2.14. The Morgan fingerprint density at radius 1 is 1.52 bits per heavy atom. The lowest BCUT2D eigenvalue weighted by atomic mass is 10.2. The van der Waals surface area contributed by atoms with Crippen molar-refractivity contribution in [1.82, 2.24) is 15.5 Å². The number of anilines is 1.